The molecule has 35 heavy (non-hydrogen) atoms. The largest absolute Gasteiger partial charge is 0.492 e. The van der Waals surface area contributed by atoms with Gasteiger partial charge in [-0.15, -0.1) is 11.3 Å². The summed E-state index contributed by atoms with van der Waals surface area (Å²) in [6.07, 6.45) is 2.74. The van der Waals surface area contributed by atoms with E-state index in [1.807, 2.05) is 43.3 Å². The molecule has 1 aromatic heterocycles. The van der Waals surface area contributed by atoms with Crippen molar-refractivity contribution in [3.05, 3.63) is 74.6 Å². The third kappa shape index (κ3) is 5.78. The number of halogens is 1. The Morgan fingerprint density at radius 1 is 1.09 bits per heavy atom. The number of hydrogen-bond donors (Lipinski definition) is 2. The Morgan fingerprint density at radius 2 is 1.86 bits per heavy atom. The van der Waals surface area contributed by atoms with Crippen molar-refractivity contribution in [1.82, 2.24) is 0 Å². The van der Waals surface area contributed by atoms with E-state index < -0.39 is 0 Å². The fraction of sp³-hybridized carbons (Fsp3) is 0.357. The molecule has 3 aromatic rings. The molecule has 1 aliphatic rings. The smallest absolute Gasteiger partial charge is 0.259 e. The summed E-state index contributed by atoms with van der Waals surface area (Å²) in [6, 6.07) is 14.7. The van der Waals surface area contributed by atoms with Gasteiger partial charge in [0.25, 0.3) is 11.8 Å². The minimum atomic E-state index is -0.235. The Hall–Kier alpha value is -2.64. The van der Waals surface area contributed by atoms with Gasteiger partial charge in [0.05, 0.1) is 17.9 Å². The first-order valence-electron chi connectivity index (χ1n) is 11.9. The van der Waals surface area contributed by atoms with E-state index in [-0.39, 0.29) is 17.2 Å². The SMILES string of the molecule is CCOc1ccccc1NC(=O)c1c(NC(=O)c2cccc(Br)c2)sc2c1CCC(C(C)(C)C)C2. The van der Waals surface area contributed by atoms with Crippen molar-refractivity contribution in [3.8, 4) is 5.75 Å². The van der Waals surface area contributed by atoms with Gasteiger partial charge in [0.1, 0.15) is 10.8 Å². The summed E-state index contributed by atoms with van der Waals surface area (Å²) in [7, 11) is 0. The van der Waals surface area contributed by atoms with Crippen LogP contribution >= 0.6 is 27.3 Å². The van der Waals surface area contributed by atoms with Crippen LogP contribution in [0.25, 0.3) is 0 Å². The predicted octanol–water partition coefficient (Wildman–Crippen LogP) is 7.56. The zero-order chi connectivity index (χ0) is 25.2. The van der Waals surface area contributed by atoms with E-state index in [0.29, 0.717) is 40.1 Å². The lowest BCUT2D eigenvalue weighted by Crippen LogP contribution is -2.27. The molecule has 1 aliphatic carbocycles. The monoisotopic (exact) mass is 554 g/mol. The fourth-order valence-corrected chi connectivity index (χ4v) is 6.21. The number of fused-ring (bicyclic) bond motifs is 1. The van der Waals surface area contributed by atoms with Crippen molar-refractivity contribution in [2.24, 2.45) is 11.3 Å². The first-order valence-corrected chi connectivity index (χ1v) is 13.5. The lowest BCUT2D eigenvalue weighted by molar-refractivity contribution is 0.102. The van der Waals surface area contributed by atoms with Crippen LogP contribution in [0.15, 0.2) is 53.0 Å². The quantitative estimate of drug-likeness (QED) is 0.330. The number of carbonyl (C=O) groups excluding carboxylic acids is 2. The van der Waals surface area contributed by atoms with Crippen LogP contribution in [0.2, 0.25) is 0 Å². The summed E-state index contributed by atoms with van der Waals surface area (Å²) in [5.74, 6) is 0.686. The molecule has 0 radical (unpaired) electrons. The maximum absolute atomic E-state index is 13.7. The second kappa shape index (κ2) is 10.5. The molecule has 7 heteroatoms. The Morgan fingerprint density at radius 3 is 2.57 bits per heavy atom. The van der Waals surface area contributed by atoms with Crippen LogP contribution < -0.4 is 15.4 Å². The summed E-state index contributed by atoms with van der Waals surface area (Å²) < 4.78 is 6.52. The minimum absolute atomic E-state index is 0.181. The maximum atomic E-state index is 13.7. The predicted molar refractivity (Wildman–Crippen MR) is 147 cm³/mol. The van der Waals surface area contributed by atoms with Crippen LogP contribution in [0.1, 0.15) is 65.3 Å². The molecule has 0 saturated heterocycles. The molecule has 2 amide bonds. The fourth-order valence-electron chi connectivity index (χ4n) is 4.49. The van der Waals surface area contributed by atoms with Crippen molar-refractivity contribution in [1.29, 1.82) is 0 Å². The van der Waals surface area contributed by atoms with Gasteiger partial charge in [-0.2, -0.15) is 0 Å². The van der Waals surface area contributed by atoms with Gasteiger partial charge in [0, 0.05) is 14.9 Å². The number of benzene rings is 2. The highest BCUT2D eigenvalue weighted by Crippen LogP contribution is 2.44. The van der Waals surface area contributed by atoms with Gasteiger partial charge in [0.2, 0.25) is 0 Å². The van der Waals surface area contributed by atoms with E-state index in [0.717, 1.165) is 29.3 Å². The second-order valence-corrected chi connectivity index (χ2v) is 11.9. The number of nitrogens with one attached hydrogen (secondary N) is 2. The molecule has 0 saturated carbocycles. The molecule has 0 fully saturated rings. The minimum Gasteiger partial charge on any atom is -0.492 e. The van der Waals surface area contributed by atoms with Gasteiger partial charge in [-0.3, -0.25) is 9.59 Å². The molecule has 1 atom stereocenters. The molecular weight excluding hydrogens is 524 g/mol. The van der Waals surface area contributed by atoms with Gasteiger partial charge < -0.3 is 15.4 Å². The lowest BCUT2D eigenvalue weighted by Gasteiger charge is -2.33. The van der Waals surface area contributed by atoms with Crippen LogP contribution in [-0.2, 0) is 12.8 Å². The van der Waals surface area contributed by atoms with Crippen LogP contribution in [0.4, 0.5) is 10.7 Å². The number of para-hydroxylation sites is 2. The Labute approximate surface area is 219 Å². The highest BCUT2D eigenvalue weighted by Gasteiger charge is 2.34. The highest BCUT2D eigenvalue weighted by molar-refractivity contribution is 9.10. The average Bonchev–Trinajstić information content (AvgIpc) is 3.17. The Kier molecular flexibility index (Phi) is 7.67. The van der Waals surface area contributed by atoms with Crippen LogP contribution in [0, 0.1) is 11.3 Å². The van der Waals surface area contributed by atoms with E-state index in [1.54, 1.807) is 12.1 Å². The molecule has 2 N–H and O–H groups in total. The van der Waals surface area contributed by atoms with Crippen LogP contribution in [0.3, 0.4) is 0 Å². The summed E-state index contributed by atoms with van der Waals surface area (Å²) in [5.41, 5.74) is 2.94. The maximum Gasteiger partial charge on any atom is 0.259 e. The number of rotatable bonds is 6. The van der Waals surface area contributed by atoms with E-state index >= 15 is 0 Å². The van der Waals surface area contributed by atoms with Crippen LogP contribution in [-0.4, -0.2) is 18.4 Å². The molecule has 0 spiro atoms. The number of carbonyl (C=O) groups is 2. The van der Waals surface area contributed by atoms with Gasteiger partial charge >= 0.3 is 0 Å². The summed E-state index contributed by atoms with van der Waals surface area (Å²) >= 11 is 4.95. The standard InChI is InChI=1S/C28H31BrN2O3S/c1-5-34-22-12-7-6-11-21(22)30-26(33)24-20-14-13-18(28(2,3)4)16-23(20)35-27(24)31-25(32)17-9-8-10-19(29)15-17/h6-12,15,18H,5,13-14,16H2,1-4H3,(H,30,33)(H,31,32). The zero-order valence-electron chi connectivity index (χ0n) is 20.5. The van der Waals surface area contributed by atoms with E-state index in [2.05, 4.69) is 47.3 Å². The number of ether oxygens (including phenoxy) is 1. The molecule has 1 unspecified atom stereocenters. The van der Waals surface area contributed by atoms with E-state index in [9.17, 15) is 9.59 Å². The van der Waals surface area contributed by atoms with Crippen molar-refractivity contribution >= 4 is 49.8 Å². The molecule has 0 aliphatic heterocycles. The number of anilines is 2. The molecule has 184 valence electrons. The number of hydrogen-bond acceptors (Lipinski definition) is 4. The first-order chi connectivity index (χ1) is 16.7. The Bertz CT molecular complexity index is 1250. The average molecular weight is 556 g/mol. The van der Waals surface area contributed by atoms with Gasteiger partial charge in [-0.05, 0) is 73.4 Å². The lowest BCUT2D eigenvalue weighted by atomic mass is 9.72. The molecule has 2 aromatic carbocycles. The zero-order valence-corrected chi connectivity index (χ0v) is 22.9. The summed E-state index contributed by atoms with van der Waals surface area (Å²) in [5, 5.41) is 6.67. The number of thiophene rings is 1. The number of amides is 2. The van der Waals surface area contributed by atoms with Crippen molar-refractivity contribution in [2.75, 3.05) is 17.2 Å². The topological polar surface area (TPSA) is 67.4 Å². The molecule has 0 bridgehead atoms. The van der Waals surface area contributed by atoms with E-state index in [4.69, 9.17) is 4.74 Å². The second-order valence-electron chi connectivity index (χ2n) is 9.86. The highest BCUT2D eigenvalue weighted by atomic mass is 79.9. The third-order valence-corrected chi connectivity index (χ3v) is 8.13. The van der Waals surface area contributed by atoms with Gasteiger partial charge in [-0.25, -0.2) is 0 Å². The van der Waals surface area contributed by atoms with E-state index in [1.165, 1.54) is 16.2 Å². The van der Waals surface area contributed by atoms with Crippen molar-refractivity contribution in [3.63, 3.8) is 0 Å². The Balaban J connectivity index is 1.70. The molecular formula is C28H31BrN2O3S. The summed E-state index contributed by atoms with van der Waals surface area (Å²) in [6.45, 7) is 9.22. The molecule has 1 heterocycles. The molecule has 4 rings (SSSR count). The first kappa shape index (κ1) is 25.5. The van der Waals surface area contributed by atoms with Crippen molar-refractivity contribution in [2.45, 2.75) is 47.0 Å². The summed E-state index contributed by atoms with van der Waals surface area (Å²) in [4.78, 5) is 27.9. The molecule has 5 nitrogen and oxygen atoms in total. The normalized spacial score (nSPS) is 15.3. The third-order valence-electron chi connectivity index (χ3n) is 6.47. The van der Waals surface area contributed by atoms with Crippen LogP contribution in [0.5, 0.6) is 5.75 Å². The van der Waals surface area contributed by atoms with Crippen molar-refractivity contribution < 1.29 is 14.3 Å². The van der Waals surface area contributed by atoms with Gasteiger partial charge in [0.15, 0.2) is 0 Å². The van der Waals surface area contributed by atoms with Gasteiger partial charge in [-0.1, -0.05) is 54.9 Å².